The smallest absolute Gasteiger partial charge is 0.306 e. The third-order valence-electron chi connectivity index (χ3n) is 14.7. The Morgan fingerprint density at radius 1 is 0.226 bits per heavy atom. The Morgan fingerprint density at radius 2 is 0.339 bits per heavy atom. The van der Waals surface area contributed by atoms with Gasteiger partial charge >= 0.3 is 5.97 Å². The van der Waals surface area contributed by atoms with Crippen LogP contribution in [0.4, 0.5) is 0 Å². The molecule has 1 unspecified atom stereocenters. The highest BCUT2D eigenvalue weighted by Crippen LogP contribution is 2.22. The maximum atomic E-state index is 11.9. The summed E-state index contributed by atoms with van der Waals surface area (Å²) in [4.78, 5) is 11.9. The molecule has 0 saturated carbocycles. The molecule has 0 aliphatic heterocycles. The van der Waals surface area contributed by atoms with Crippen LogP contribution in [0.1, 0.15) is 373 Å². The van der Waals surface area contributed by atoms with Crippen molar-refractivity contribution in [1.29, 1.82) is 0 Å². The van der Waals surface area contributed by atoms with Gasteiger partial charge in [-0.2, -0.15) is 0 Å². The van der Waals surface area contributed by atoms with Crippen molar-refractivity contribution < 1.29 is 9.90 Å². The van der Waals surface area contributed by atoms with E-state index in [0.29, 0.717) is 0 Å². The highest BCUT2D eigenvalue weighted by atomic mass is 16.4. The van der Waals surface area contributed by atoms with E-state index in [9.17, 15) is 9.90 Å². The summed E-state index contributed by atoms with van der Waals surface area (Å²) in [6.45, 7) is 4.61. The summed E-state index contributed by atoms with van der Waals surface area (Å²) in [6, 6.07) is 0. The van der Waals surface area contributed by atoms with Crippen molar-refractivity contribution in [2.24, 2.45) is 5.92 Å². The molecule has 0 aromatic carbocycles. The lowest BCUT2D eigenvalue weighted by molar-refractivity contribution is -0.142. The second-order valence-corrected chi connectivity index (χ2v) is 21.0. The SMILES string of the molecule is CCCCCCCCCCCCCCCCCCCCCCCCCCCCCCC(CCCCCCCCCCCCCCCCCCCCCCCCCCCC)C(=O)O. The first-order valence-electron chi connectivity index (χ1n) is 29.9. The van der Waals surface area contributed by atoms with Gasteiger partial charge in [0.05, 0.1) is 5.92 Å². The third kappa shape index (κ3) is 53.8. The van der Waals surface area contributed by atoms with Crippen molar-refractivity contribution in [3.05, 3.63) is 0 Å². The Kier molecular flexibility index (Phi) is 56.1. The molecular weight excluding hydrogens is 753 g/mol. The van der Waals surface area contributed by atoms with Gasteiger partial charge < -0.3 is 5.11 Å². The van der Waals surface area contributed by atoms with Crippen molar-refractivity contribution in [3.8, 4) is 0 Å². The summed E-state index contributed by atoms with van der Waals surface area (Å²) in [5.41, 5.74) is 0. The van der Waals surface area contributed by atoms with E-state index in [1.54, 1.807) is 0 Å². The van der Waals surface area contributed by atoms with Crippen LogP contribution in [0.5, 0.6) is 0 Å². The Bertz CT molecular complexity index is 792. The maximum Gasteiger partial charge on any atom is 0.306 e. The van der Waals surface area contributed by atoms with Gasteiger partial charge in [-0.1, -0.05) is 361 Å². The molecule has 0 aromatic heterocycles. The zero-order chi connectivity index (χ0) is 44.8. The van der Waals surface area contributed by atoms with Crippen LogP contribution in [-0.2, 0) is 4.79 Å². The molecule has 0 amide bonds. The molecule has 0 heterocycles. The first-order chi connectivity index (χ1) is 30.7. The van der Waals surface area contributed by atoms with E-state index in [4.69, 9.17) is 0 Å². The van der Waals surface area contributed by atoms with Gasteiger partial charge in [-0.15, -0.1) is 0 Å². The van der Waals surface area contributed by atoms with Crippen LogP contribution < -0.4 is 0 Å². The summed E-state index contributed by atoms with van der Waals surface area (Å²) in [7, 11) is 0. The van der Waals surface area contributed by atoms with Gasteiger partial charge in [-0.25, -0.2) is 0 Å². The normalized spacial score (nSPS) is 12.2. The minimum atomic E-state index is -0.547. The van der Waals surface area contributed by atoms with Crippen LogP contribution in [0.2, 0.25) is 0 Å². The van der Waals surface area contributed by atoms with Gasteiger partial charge in [-0.3, -0.25) is 4.79 Å². The molecule has 372 valence electrons. The molecule has 0 rings (SSSR count). The van der Waals surface area contributed by atoms with Gasteiger partial charge in [0.25, 0.3) is 0 Å². The van der Waals surface area contributed by atoms with Gasteiger partial charge in [0.2, 0.25) is 0 Å². The minimum Gasteiger partial charge on any atom is -0.481 e. The summed E-state index contributed by atoms with van der Waals surface area (Å²) in [5.74, 6) is -0.650. The van der Waals surface area contributed by atoms with Crippen molar-refractivity contribution >= 4 is 5.97 Å². The number of hydrogen-bond acceptors (Lipinski definition) is 1. The summed E-state index contributed by atoms with van der Waals surface area (Å²) >= 11 is 0. The van der Waals surface area contributed by atoms with Crippen LogP contribution in [0.25, 0.3) is 0 Å². The van der Waals surface area contributed by atoms with Crippen LogP contribution in [-0.4, -0.2) is 11.1 Å². The molecule has 1 atom stereocenters. The Labute approximate surface area is 393 Å². The van der Waals surface area contributed by atoms with Gasteiger partial charge in [-0.05, 0) is 12.8 Å². The Morgan fingerprint density at radius 3 is 0.452 bits per heavy atom. The van der Waals surface area contributed by atoms with E-state index in [-0.39, 0.29) is 5.92 Å². The zero-order valence-electron chi connectivity index (χ0n) is 43.5. The van der Waals surface area contributed by atoms with E-state index in [1.165, 1.54) is 334 Å². The fourth-order valence-electron chi connectivity index (χ4n) is 10.2. The lowest BCUT2D eigenvalue weighted by Gasteiger charge is -2.12. The predicted molar refractivity (Wildman–Crippen MR) is 281 cm³/mol. The molecule has 0 bridgehead atoms. The summed E-state index contributed by atoms with van der Waals surface area (Å²) < 4.78 is 0. The molecule has 0 saturated heterocycles. The van der Waals surface area contributed by atoms with Crippen LogP contribution in [0, 0.1) is 5.92 Å². The summed E-state index contributed by atoms with van der Waals surface area (Å²) in [6.07, 6.45) is 78.4. The number of carboxylic acids is 1. The largest absolute Gasteiger partial charge is 0.481 e. The molecule has 0 aliphatic carbocycles. The first-order valence-corrected chi connectivity index (χ1v) is 29.9. The van der Waals surface area contributed by atoms with E-state index in [2.05, 4.69) is 13.8 Å². The Hall–Kier alpha value is -0.530. The molecule has 0 spiro atoms. The number of unbranched alkanes of at least 4 members (excludes halogenated alkanes) is 52. The average molecular weight is 874 g/mol. The van der Waals surface area contributed by atoms with Gasteiger partial charge in [0, 0.05) is 0 Å². The molecule has 2 nitrogen and oxygen atoms in total. The standard InChI is InChI=1S/C60H120O2/c1-3-5-7-9-11-13-15-17-19-21-23-25-27-29-31-32-34-36-38-40-42-44-46-48-50-52-54-56-58-59(60(61)62)57-55-53-51-49-47-45-43-41-39-37-35-33-30-28-26-24-22-20-18-16-14-12-10-8-6-4-2/h59H,3-58H2,1-2H3,(H,61,62). The summed E-state index contributed by atoms with van der Waals surface area (Å²) in [5, 5.41) is 9.77. The highest BCUT2D eigenvalue weighted by molar-refractivity contribution is 5.69. The fraction of sp³-hybridized carbons (Fsp3) is 0.983. The third-order valence-corrected chi connectivity index (χ3v) is 14.7. The minimum absolute atomic E-state index is 0.103. The average Bonchev–Trinajstić information content (AvgIpc) is 3.27. The Balaban J connectivity index is 3.30. The van der Waals surface area contributed by atoms with Crippen LogP contribution in [0.3, 0.4) is 0 Å². The van der Waals surface area contributed by atoms with E-state index in [0.717, 1.165) is 25.7 Å². The quantitative estimate of drug-likeness (QED) is 0.0618. The molecule has 0 aliphatic rings. The monoisotopic (exact) mass is 873 g/mol. The van der Waals surface area contributed by atoms with Crippen LogP contribution in [0.15, 0.2) is 0 Å². The topological polar surface area (TPSA) is 37.3 Å². The highest BCUT2D eigenvalue weighted by Gasteiger charge is 2.16. The van der Waals surface area contributed by atoms with Crippen molar-refractivity contribution in [2.45, 2.75) is 373 Å². The van der Waals surface area contributed by atoms with Crippen molar-refractivity contribution in [2.75, 3.05) is 0 Å². The number of carboxylic acid groups (broad SMARTS) is 1. The van der Waals surface area contributed by atoms with Gasteiger partial charge in [0.1, 0.15) is 0 Å². The van der Waals surface area contributed by atoms with Crippen molar-refractivity contribution in [3.63, 3.8) is 0 Å². The second kappa shape index (κ2) is 56.6. The van der Waals surface area contributed by atoms with E-state index in [1.807, 2.05) is 0 Å². The number of hydrogen-bond donors (Lipinski definition) is 1. The molecule has 62 heavy (non-hydrogen) atoms. The molecular formula is C60H120O2. The molecule has 0 aromatic rings. The van der Waals surface area contributed by atoms with Gasteiger partial charge in [0.15, 0.2) is 0 Å². The molecule has 0 fully saturated rings. The lowest BCUT2D eigenvalue weighted by atomic mass is 9.94. The molecule has 1 N–H and O–H groups in total. The number of rotatable bonds is 57. The van der Waals surface area contributed by atoms with Crippen molar-refractivity contribution in [1.82, 2.24) is 0 Å². The molecule has 2 heteroatoms. The zero-order valence-corrected chi connectivity index (χ0v) is 43.5. The molecule has 0 radical (unpaired) electrons. The van der Waals surface area contributed by atoms with E-state index < -0.39 is 5.97 Å². The second-order valence-electron chi connectivity index (χ2n) is 21.0. The predicted octanol–water partition coefficient (Wildman–Crippen LogP) is 22.6. The van der Waals surface area contributed by atoms with E-state index >= 15 is 0 Å². The first kappa shape index (κ1) is 61.5. The van der Waals surface area contributed by atoms with Crippen LogP contribution >= 0.6 is 0 Å². The lowest BCUT2D eigenvalue weighted by Crippen LogP contribution is -2.13. The number of aliphatic carboxylic acids is 1. The number of carbonyl (C=O) groups is 1. The fourth-order valence-corrected chi connectivity index (χ4v) is 10.2. The maximum absolute atomic E-state index is 11.9.